The molecule has 0 bridgehead atoms. The second-order valence-electron chi connectivity index (χ2n) is 3.66. The Morgan fingerprint density at radius 3 is 2.63 bits per heavy atom. The van der Waals surface area contributed by atoms with Crippen molar-refractivity contribution in [2.24, 2.45) is 0 Å². The number of carboxylic acids is 1. The number of hydrogen-bond donors (Lipinski definition) is 1. The first-order valence-electron chi connectivity index (χ1n) is 5.12. The number of aromatic carboxylic acids is 1. The van der Waals surface area contributed by atoms with E-state index in [2.05, 4.69) is 15.9 Å². The molecule has 0 aliphatic carbocycles. The SMILES string of the molecule is O=C(O)c1cc(Br)cc(Oc2ccc(F)cc2Cl)c1. The van der Waals surface area contributed by atoms with E-state index in [4.69, 9.17) is 21.4 Å². The summed E-state index contributed by atoms with van der Waals surface area (Å²) < 4.78 is 18.9. The summed E-state index contributed by atoms with van der Waals surface area (Å²) in [7, 11) is 0. The van der Waals surface area contributed by atoms with Gasteiger partial charge in [-0.1, -0.05) is 27.5 Å². The van der Waals surface area contributed by atoms with Crippen LogP contribution >= 0.6 is 27.5 Å². The molecule has 2 aromatic carbocycles. The van der Waals surface area contributed by atoms with Gasteiger partial charge in [-0.05, 0) is 36.4 Å². The van der Waals surface area contributed by atoms with E-state index in [0.717, 1.165) is 6.07 Å². The van der Waals surface area contributed by atoms with Crippen LogP contribution in [0, 0.1) is 5.82 Å². The second kappa shape index (κ2) is 5.59. The lowest BCUT2D eigenvalue weighted by Crippen LogP contribution is -1.97. The number of ether oxygens (including phenoxy) is 1. The maximum Gasteiger partial charge on any atom is 0.335 e. The number of rotatable bonds is 3. The average Bonchev–Trinajstić information content (AvgIpc) is 2.32. The Bertz CT molecular complexity index is 646. The van der Waals surface area contributed by atoms with Crippen LogP contribution in [0.3, 0.4) is 0 Å². The van der Waals surface area contributed by atoms with Crippen molar-refractivity contribution >= 4 is 33.5 Å². The molecule has 0 unspecified atom stereocenters. The van der Waals surface area contributed by atoms with Gasteiger partial charge in [0.2, 0.25) is 0 Å². The topological polar surface area (TPSA) is 46.5 Å². The van der Waals surface area contributed by atoms with Gasteiger partial charge < -0.3 is 9.84 Å². The predicted octanol–water partition coefficient (Wildman–Crippen LogP) is 4.73. The van der Waals surface area contributed by atoms with Crippen molar-refractivity contribution in [3.63, 3.8) is 0 Å². The van der Waals surface area contributed by atoms with Crippen LogP contribution in [0.5, 0.6) is 11.5 Å². The summed E-state index contributed by atoms with van der Waals surface area (Å²) in [6.07, 6.45) is 0. The molecule has 0 aliphatic rings. The molecule has 0 aromatic heterocycles. The van der Waals surface area contributed by atoms with Crippen LogP contribution in [0.2, 0.25) is 5.02 Å². The van der Waals surface area contributed by atoms with E-state index >= 15 is 0 Å². The maximum atomic E-state index is 12.9. The summed E-state index contributed by atoms with van der Waals surface area (Å²) in [4.78, 5) is 10.9. The Labute approximate surface area is 121 Å². The Balaban J connectivity index is 2.35. The first-order valence-corrected chi connectivity index (χ1v) is 6.29. The molecule has 0 amide bonds. The molecule has 0 spiro atoms. The Morgan fingerprint density at radius 1 is 1.26 bits per heavy atom. The van der Waals surface area contributed by atoms with Gasteiger partial charge in [-0.15, -0.1) is 0 Å². The minimum Gasteiger partial charge on any atom is -0.478 e. The van der Waals surface area contributed by atoms with Crippen LogP contribution in [0.4, 0.5) is 4.39 Å². The highest BCUT2D eigenvalue weighted by Crippen LogP contribution is 2.31. The van der Waals surface area contributed by atoms with Gasteiger partial charge in [0.1, 0.15) is 17.3 Å². The first kappa shape index (κ1) is 13.8. The van der Waals surface area contributed by atoms with Crippen molar-refractivity contribution < 1.29 is 19.0 Å². The van der Waals surface area contributed by atoms with Crippen molar-refractivity contribution in [3.8, 4) is 11.5 Å². The third kappa shape index (κ3) is 3.45. The number of benzene rings is 2. The molecule has 2 rings (SSSR count). The number of carbonyl (C=O) groups is 1. The van der Waals surface area contributed by atoms with E-state index in [-0.39, 0.29) is 16.3 Å². The molecule has 0 heterocycles. The fourth-order valence-electron chi connectivity index (χ4n) is 1.43. The molecule has 0 fully saturated rings. The summed E-state index contributed by atoms with van der Waals surface area (Å²) >= 11 is 9.02. The van der Waals surface area contributed by atoms with Crippen molar-refractivity contribution in [1.29, 1.82) is 0 Å². The molecule has 2 aromatic rings. The zero-order valence-electron chi connectivity index (χ0n) is 9.36. The van der Waals surface area contributed by atoms with E-state index in [0.29, 0.717) is 10.2 Å². The molecule has 0 aliphatic heterocycles. The van der Waals surface area contributed by atoms with E-state index in [1.807, 2.05) is 0 Å². The largest absolute Gasteiger partial charge is 0.478 e. The van der Waals surface area contributed by atoms with E-state index in [1.165, 1.54) is 24.3 Å². The summed E-state index contributed by atoms with van der Waals surface area (Å²) in [5.41, 5.74) is 0.0719. The van der Waals surface area contributed by atoms with Crippen LogP contribution in [0.1, 0.15) is 10.4 Å². The third-order valence-electron chi connectivity index (χ3n) is 2.24. The number of carboxylic acid groups (broad SMARTS) is 1. The van der Waals surface area contributed by atoms with Gasteiger partial charge in [-0.3, -0.25) is 0 Å². The first-order chi connectivity index (χ1) is 8.95. The van der Waals surface area contributed by atoms with Gasteiger partial charge in [-0.25, -0.2) is 9.18 Å². The molecule has 6 heteroatoms. The molecule has 98 valence electrons. The maximum absolute atomic E-state index is 12.9. The second-order valence-corrected chi connectivity index (χ2v) is 4.98. The van der Waals surface area contributed by atoms with E-state index in [9.17, 15) is 9.18 Å². The molecule has 1 N–H and O–H groups in total. The quantitative estimate of drug-likeness (QED) is 0.874. The van der Waals surface area contributed by atoms with Crippen LogP contribution in [0.15, 0.2) is 40.9 Å². The monoisotopic (exact) mass is 344 g/mol. The Hall–Kier alpha value is -1.59. The highest BCUT2D eigenvalue weighted by atomic mass is 79.9. The Kier molecular flexibility index (Phi) is 4.07. The van der Waals surface area contributed by atoms with Crippen LogP contribution in [-0.2, 0) is 0 Å². The lowest BCUT2D eigenvalue weighted by atomic mass is 10.2. The summed E-state index contributed by atoms with van der Waals surface area (Å²) in [6, 6.07) is 8.09. The van der Waals surface area contributed by atoms with Crippen LogP contribution < -0.4 is 4.74 Å². The summed E-state index contributed by atoms with van der Waals surface area (Å²) in [6.45, 7) is 0. The summed E-state index contributed by atoms with van der Waals surface area (Å²) in [5.74, 6) is -1.01. The van der Waals surface area contributed by atoms with Gasteiger partial charge in [0.05, 0.1) is 10.6 Å². The number of hydrogen-bond acceptors (Lipinski definition) is 2. The fraction of sp³-hybridized carbons (Fsp3) is 0. The highest BCUT2D eigenvalue weighted by molar-refractivity contribution is 9.10. The van der Waals surface area contributed by atoms with Gasteiger partial charge >= 0.3 is 5.97 Å². The zero-order valence-corrected chi connectivity index (χ0v) is 11.7. The number of halogens is 3. The Morgan fingerprint density at radius 2 is 2.00 bits per heavy atom. The smallest absolute Gasteiger partial charge is 0.335 e. The molecule has 0 radical (unpaired) electrons. The minimum atomic E-state index is -1.07. The van der Waals surface area contributed by atoms with Gasteiger partial charge in [0.25, 0.3) is 0 Å². The molecule has 0 saturated heterocycles. The lowest BCUT2D eigenvalue weighted by molar-refractivity contribution is 0.0696. The molecule has 19 heavy (non-hydrogen) atoms. The van der Waals surface area contributed by atoms with Gasteiger partial charge in [0, 0.05) is 4.47 Å². The minimum absolute atomic E-state index is 0.0719. The van der Waals surface area contributed by atoms with Crippen LogP contribution in [0.25, 0.3) is 0 Å². The fourth-order valence-corrected chi connectivity index (χ4v) is 2.11. The molecular formula is C13H7BrClFO3. The van der Waals surface area contributed by atoms with Crippen molar-refractivity contribution in [2.75, 3.05) is 0 Å². The standard InChI is InChI=1S/C13H7BrClFO3/c14-8-3-7(13(17)18)4-10(5-8)19-12-2-1-9(16)6-11(12)15/h1-6H,(H,17,18). The van der Waals surface area contributed by atoms with E-state index < -0.39 is 11.8 Å². The predicted molar refractivity (Wildman–Crippen MR) is 72.6 cm³/mol. The molecule has 0 saturated carbocycles. The van der Waals surface area contributed by atoms with Gasteiger partial charge in [-0.2, -0.15) is 0 Å². The summed E-state index contributed by atoms with van der Waals surface area (Å²) in [5, 5.41) is 9.05. The normalized spacial score (nSPS) is 10.3. The van der Waals surface area contributed by atoms with E-state index in [1.54, 1.807) is 6.07 Å². The zero-order chi connectivity index (χ0) is 14.0. The van der Waals surface area contributed by atoms with Gasteiger partial charge in [0.15, 0.2) is 0 Å². The third-order valence-corrected chi connectivity index (χ3v) is 2.99. The highest BCUT2D eigenvalue weighted by Gasteiger charge is 2.09. The average molecular weight is 346 g/mol. The van der Waals surface area contributed by atoms with Crippen molar-refractivity contribution in [2.45, 2.75) is 0 Å². The lowest BCUT2D eigenvalue weighted by Gasteiger charge is -2.09. The molecular weight excluding hydrogens is 338 g/mol. The molecule has 3 nitrogen and oxygen atoms in total. The van der Waals surface area contributed by atoms with Crippen molar-refractivity contribution in [3.05, 3.63) is 57.3 Å². The van der Waals surface area contributed by atoms with Crippen molar-refractivity contribution in [1.82, 2.24) is 0 Å². The van der Waals surface area contributed by atoms with Crippen LogP contribution in [-0.4, -0.2) is 11.1 Å². The molecule has 0 atom stereocenters.